The molecule has 7 rings (SSSR count). The molecular formula is C36H62N2O. The minimum absolute atomic E-state index is 0.0514. The van der Waals surface area contributed by atoms with Gasteiger partial charge < -0.3 is 10.8 Å². The molecule has 1 aliphatic heterocycles. The molecule has 39 heavy (non-hydrogen) atoms. The maximum absolute atomic E-state index is 12.1. The van der Waals surface area contributed by atoms with Gasteiger partial charge in [0.2, 0.25) is 0 Å². The molecule has 0 bridgehead atoms. The van der Waals surface area contributed by atoms with E-state index in [1.165, 1.54) is 141 Å². The highest BCUT2D eigenvalue weighted by molar-refractivity contribution is 5.09. The molecule has 0 aromatic carbocycles. The highest BCUT2D eigenvalue weighted by atomic mass is 16.3. The van der Waals surface area contributed by atoms with Gasteiger partial charge in [0.05, 0.1) is 6.10 Å². The number of rotatable bonds is 5. The Labute approximate surface area is 240 Å². The Bertz CT molecular complexity index is 789. The van der Waals surface area contributed by atoms with Crippen molar-refractivity contribution in [1.82, 2.24) is 4.90 Å². The first-order chi connectivity index (χ1) is 19.2. The van der Waals surface area contributed by atoms with Crippen molar-refractivity contribution in [3.8, 4) is 0 Å². The van der Waals surface area contributed by atoms with Gasteiger partial charge >= 0.3 is 0 Å². The summed E-state index contributed by atoms with van der Waals surface area (Å²) in [5.74, 6) is 7.30. The smallest absolute Gasteiger partial charge is 0.0617 e. The predicted molar refractivity (Wildman–Crippen MR) is 161 cm³/mol. The lowest BCUT2D eigenvalue weighted by atomic mass is 9.62. The largest absolute Gasteiger partial charge is 0.392 e. The Kier molecular flexibility index (Phi) is 8.69. The number of aliphatic hydroxyl groups is 1. The van der Waals surface area contributed by atoms with Gasteiger partial charge in [-0.2, -0.15) is 0 Å². The summed E-state index contributed by atoms with van der Waals surface area (Å²) in [6.45, 7) is 1.13. The van der Waals surface area contributed by atoms with Crippen LogP contribution in [0.5, 0.6) is 0 Å². The fourth-order valence-electron chi connectivity index (χ4n) is 12.5. The van der Waals surface area contributed by atoms with Gasteiger partial charge in [0, 0.05) is 30.6 Å². The van der Waals surface area contributed by atoms with Crippen molar-refractivity contribution in [2.75, 3.05) is 6.54 Å². The van der Waals surface area contributed by atoms with E-state index >= 15 is 0 Å². The van der Waals surface area contributed by atoms with Crippen LogP contribution in [0.2, 0.25) is 0 Å². The molecule has 3 heteroatoms. The second kappa shape index (κ2) is 12.2. The molecule has 1 saturated heterocycles. The average molecular weight is 539 g/mol. The summed E-state index contributed by atoms with van der Waals surface area (Å²) in [6, 6.07) is 1.66. The third-order valence-electron chi connectivity index (χ3n) is 14.5. The molecule has 222 valence electrons. The standard InChI is InChI=1S/C36H62N2O/c37-32(29-16-15-25-11-7-8-14-27(25)21-29)23-38-33-20-19-30(26-12-5-2-6-13-26)36(39)35(33)31-18-17-28(22-34(31)38)24-9-3-1-4-10-24/h24-36,39H,1-23,37H2. The van der Waals surface area contributed by atoms with Gasteiger partial charge in [-0.3, -0.25) is 4.90 Å². The van der Waals surface area contributed by atoms with E-state index in [9.17, 15) is 5.11 Å². The molecule has 0 aromatic rings. The summed E-state index contributed by atoms with van der Waals surface area (Å²) in [5, 5.41) is 12.1. The molecule has 7 aliphatic rings. The summed E-state index contributed by atoms with van der Waals surface area (Å²) < 4.78 is 0. The Hall–Kier alpha value is -0.120. The lowest BCUT2D eigenvalue weighted by Crippen LogP contribution is -2.52. The van der Waals surface area contributed by atoms with Crippen molar-refractivity contribution in [3.05, 3.63) is 0 Å². The van der Waals surface area contributed by atoms with Gasteiger partial charge in [0.1, 0.15) is 0 Å². The molecule has 11 atom stereocenters. The molecular weight excluding hydrogens is 476 g/mol. The van der Waals surface area contributed by atoms with E-state index in [2.05, 4.69) is 4.90 Å². The predicted octanol–water partition coefficient (Wildman–Crippen LogP) is 7.94. The van der Waals surface area contributed by atoms with E-state index in [0.717, 1.165) is 48.0 Å². The monoisotopic (exact) mass is 538 g/mol. The highest BCUT2D eigenvalue weighted by Gasteiger charge is 2.57. The van der Waals surface area contributed by atoms with E-state index in [0.29, 0.717) is 30.0 Å². The van der Waals surface area contributed by atoms with E-state index < -0.39 is 0 Å². The third-order valence-corrected chi connectivity index (χ3v) is 14.5. The number of fused-ring (bicyclic) bond motifs is 4. The number of nitrogens with zero attached hydrogens (tertiary/aromatic N) is 1. The van der Waals surface area contributed by atoms with E-state index in [1.54, 1.807) is 0 Å². The quantitative estimate of drug-likeness (QED) is 0.373. The molecule has 0 spiro atoms. The van der Waals surface area contributed by atoms with Crippen molar-refractivity contribution in [2.45, 2.75) is 165 Å². The molecule has 7 fully saturated rings. The number of likely N-dealkylation sites (tertiary alicyclic amines) is 1. The zero-order valence-electron chi connectivity index (χ0n) is 25.2. The maximum atomic E-state index is 12.1. The van der Waals surface area contributed by atoms with Crippen LogP contribution in [-0.2, 0) is 0 Å². The maximum Gasteiger partial charge on any atom is 0.0617 e. The molecule has 0 radical (unpaired) electrons. The van der Waals surface area contributed by atoms with Crippen molar-refractivity contribution in [3.63, 3.8) is 0 Å². The second-order valence-electron chi connectivity index (χ2n) is 16.2. The number of nitrogens with two attached hydrogens (primary N) is 1. The lowest BCUT2D eigenvalue weighted by molar-refractivity contribution is -0.0469. The van der Waals surface area contributed by atoms with Crippen molar-refractivity contribution >= 4 is 0 Å². The molecule has 6 aliphatic carbocycles. The van der Waals surface area contributed by atoms with Crippen LogP contribution in [-0.4, -0.2) is 40.8 Å². The number of hydrogen-bond donors (Lipinski definition) is 2. The van der Waals surface area contributed by atoms with Gasteiger partial charge in [-0.15, -0.1) is 0 Å². The van der Waals surface area contributed by atoms with Crippen LogP contribution in [0.3, 0.4) is 0 Å². The van der Waals surface area contributed by atoms with Crippen LogP contribution >= 0.6 is 0 Å². The summed E-state index contributed by atoms with van der Waals surface area (Å²) in [4.78, 5) is 3.00. The Morgan fingerprint density at radius 3 is 1.85 bits per heavy atom. The normalized spacial score (nSPS) is 47.2. The van der Waals surface area contributed by atoms with Crippen molar-refractivity contribution in [1.29, 1.82) is 0 Å². The molecule has 3 nitrogen and oxygen atoms in total. The summed E-state index contributed by atoms with van der Waals surface area (Å²) in [7, 11) is 0. The van der Waals surface area contributed by atoms with Crippen molar-refractivity contribution < 1.29 is 5.11 Å². The van der Waals surface area contributed by atoms with Crippen LogP contribution in [0, 0.1) is 53.3 Å². The minimum atomic E-state index is -0.0514. The van der Waals surface area contributed by atoms with Crippen LogP contribution in [0.25, 0.3) is 0 Å². The van der Waals surface area contributed by atoms with Gasteiger partial charge in [-0.05, 0) is 98.7 Å². The first-order valence-electron chi connectivity index (χ1n) is 18.4. The Balaban J connectivity index is 1.09. The van der Waals surface area contributed by atoms with Crippen molar-refractivity contribution in [2.24, 2.45) is 59.0 Å². The third kappa shape index (κ3) is 5.53. The molecule has 6 saturated carbocycles. The number of aliphatic hydroxyl groups excluding tert-OH is 1. The van der Waals surface area contributed by atoms with Crippen LogP contribution in [0.15, 0.2) is 0 Å². The SMILES string of the molecule is NC(CN1C2CC(C3CCCCC3)CCC2C2C(O)C(C3CCCCC3)CCC21)C1CCC2CCCCC2C1. The van der Waals surface area contributed by atoms with Gasteiger partial charge in [0.15, 0.2) is 0 Å². The molecule has 1 heterocycles. The molecule has 11 unspecified atom stereocenters. The summed E-state index contributed by atoms with van der Waals surface area (Å²) >= 11 is 0. The van der Waals surface area contributed by atoms with Crippen LogP contribution in [0.4, 0.5) is 0 Å². The van der Waals surface area contributed by atoms with Crippen LogP contribution < -0.4 is 5.73 Å². The first-order valence-corrected chi connectivity index (χ1v) is 18.4. The van der Waals surface area contributed by atoms with Gasteiger partial charge in [-0.25, -0.2) is 0 Å². The Morgan fingerprint density at radius 2 is 1.10 bits per heavy atom. The van der Waals surface area contributed by atoms with E-state index in [4.69, 9.17) is 5.73 Å². The van der Waals surface area contributed by atoms with E-state index in [-0.39, 0.29) is 6.10 Å². The Morgan fingerprint density at radius 1 is 0.538 bits per heavy atom. The molecule has 0 aromatic heterocycles. The van der Waals surface area contributed by atoms with Crippen LogP contribution in [0.1, 0.15) is 141 Å². The van der Waals surface area contributed by atoms with Gasteiger partial charge in [0.25, 0.3) is 0 Å². The average Bonchev–Trinajstić information content (AvgIpc) is 3.31. The zero-order chi connectivity index (χ0) is 26.3. The fraction of sp³-hybridized carbons (Fsp3) is 1.00. The van der Waals surface area contributed by atoms with E-state index in [1.807, 2.05) is 0 Å². The minimum Gasteiger partial charge on any atom is -0.392 e. The molecule has 0 amide bonds. The fourth-order valence-corrected chi connectivity index (χ4v) is 12.5. The topological polar surface area (TPSA) is 49.5 Å². The first kappa shape index (κ1) is 27.7. The lowest BCUT2D eigenvalue weighted by Gasteiger charge is -2.46. The second-order valence-corrected chi connectivity index (χ2v) is 16.2. The summed E-state index contributed by atoms with van der Waals surface area (Å²) in [6.07, 6.45) is 31.4. The van der Waals surface area contributed by atoms with Gasteiger partial charge in [-0.1, -0.05) is 89.9 Å². The summed E-state index contributed by atoms with van der Waals surface area (Å²) in [5.41, 5.74) is 7.25. The highest BCUT2D eigenvalue weighted by Crippen LogP contribution is 2.55. The molecule has 3 N–H and O–H groups in total. The zero-order valence-corrected chi connectivity index (χ0v) is 25.2. The number of hydrogen-bond acceptors (Lipinski definition) is 3.